The molecule has 0 amide bonds. The van der Waals surface area contributed by atoms with E-state index in [1.165, 1.54) is 0 Å². The lowest BCUT2D eigenvalue weighted by Gasteiger charge is -2.40. The van der Waals surface area contributed by atoms with Gasteiger partial charge in [-0.2, -0.15) is 0 Å². The van der Waals surface area contributed by atoms with E-state index in [4.69, 9.17) is 19.2 Å². The number of aromatic nitrogens is 1. The highest BCUT2D eigenvalue weighted by Gasteiger charge is 2.36. The zero-order valence-electron chi connectivity index (χ0n) is 20.6. The van der Waals surface area contributed by atoms with E-state index >= 15 is 0 Å². The third-order valence-corrected chi connectivity index (χ3v) is 6.45. The van der Waals surface area contributed by atoms with Crippen LogP contribution in [-0.4, -0.2) is 54.6 Å². The molecular weight excluding hydrogens is 476 g/mol. The summed E-state index contributed by atoms with van der Waals surface area (Å²) in [4.78, 5) is 19.3. The Kier molecular flexibility index (Phi) is 9.52. The highest BCUT2D eigenvalue weighted by molar-refractivity contribution is 9.10. The van der Waals surface area contributed by atoms with Crippen molar-refractivity contribution in [2.75, 3.05) is 37.8 Å². The predicted molar refractivity (Wildman–Crippen MR) is 129 cm³/mol. The molecule has 0 spiro atoms. The molecule has 1 saturated heterocycles. The number of piperidine rings is 1. The lowest BCUT2D eigenvalue weighted by Crippen LogP contribution is -2.39. The van der Waals surface area contributed by atoms with Crippen LogP contribution in [0, 0.1) is 12.3 Å². The standard InChI is InChI=1S/C24H39BrN2O5/c1-8-30-13-14-31-15-17-19(25)20(27-11-9-24(6,7)10-12-27)18(16(2)26-17)21(22(28)29)32-23(3,4)5/h21H,8-15H2,1-7H3,(H,28,29). The normalized spacial score (nSPS) is 17.4. The molecule has 1 aliphatic heterocycles. The van der Waals surface area contributed by atoms with Crippen molar-refractivity contribution in [1.29, 1.82) is 0 Å². The Labute approximate surface area is 201 Å². The fraction of sp³-hybridized carbons (Fsp3) is 0.750. The van der Waals surface area contributed by atoms with Gasteiger partial charge in [0.05, 0.1) is 41.3 Å². The van der Waals surface area contributed by atoms with Crippen molar-refractivity contribution < 1.29 is 24.1 Å². The second-order valence-corrected chi connectivity index (χ2v) is 10.9. The molecule has 0 aromatic carbocycles. The van der Waals surface area contributed by atoms with Crippen LogP contribution in [0.3, 0.4) is 0 Å². The minimum atomic E-state index is -1.11. The molecule has 0 bridgehead atoms. The Morgan fingerprint density at radius 3 is 2.34 bits per heavy atom. The number of anilines is 1. The average Bonchev–Trinajstić information content (AvgIpc) is 2.68. The average molecular weight is 515 g/mol. The quantitative estimate of drug-likeness (QED) is 0.425. The molecule has 1 atom stereocenters. The number of hydrogen-bond acceptors (Lipinski definition) is 6. The van der Waals surface area contributed by atoms with Crippen LogP contribution < -0.4 is 4.90 Å². The van der Waals surface area contributed by atoms with Crippen LogP contribution in [0.15, 0.2) is 4.47 Å². The SMILES string of the molecule is CCOCCOCc1nc(C)c(C(OC(C)(C)C)C(=O)O)c(N2CCC(C)(C)CC2)c1Br. The number of pyridine rings is 1. The van der Waals surface area contributed by atoms with Gasteiger partial charge in [-0.15, -0.1) is 0 Å². The van der Waals surface area contributed by atoms with Gasteiger partial charge in [0.25, 0.3) is 0 Å². The number of nitrogens with zero attached hydrogens (tertiary/aromatic N) is 2. The first-order chi connectivity index (χ1) is 14.9. The van der Waals surface area contributed by atoms with Crippen molar-refractivity contribution in [2.24, 2.45) is 5.41 Å². The molecule has 2 rings (SSSR count). The number of carboxylic acids is 1. The van der Waals surface area contributed by atoms with Crippen LogP contribution >= 0.6 is 15.9 Å². The summed E-state index contributed by atoms with van der Waals surface area (Å²) in [5.41, 5.74) is 2.51. The molecule has 0 saturated carbocycles. The Morgan fingerprint density at radius 1 is 1.22 bits per heavy atom. The van der Waals surface area contributed by atoms with Gasteiger partial charge >= 0.3 is 5.97 Å². The van der Waals surface area contributed by atoms with E-state index in [-0.39, 0.29) is 5.41 Å². The molecule has 0 radical (unpaired) electrons. The zero-order valence-corrected chi connectivity index (χ0v) is 22.2. The molecule has 1 fully saturated rings. The fourth-order valence-electron chi connectivity index (χ4n) is 3.81. The van der Waals surface area contributed by atoms with Crippen molar-refractivity contribution in [3.05, 3.63) is 21.4 Å². The third kappa shape index (κ3) is 7.40. The minimum Gasteiger partial charge on any atom is -0.479 e. The van der Waals surface area contributed by atoms with E-state index in [2.05, 4.69) is 34.7 Å². The van der Waals surface area contributed by atoms with Crippen LogP contribution in [0.1, 0.15) is 77.4 Å². The number of aryl methyl sites for hydroxylation is 1. The van der Waals surface area contributed by atoms with Gasteiger partial charge in [0, 0.05) is 31.0 Å². The van der Waals surface area contributed by atoms with Gasteiger partial charge in [0.2, 0.25) is 0 Å². The Bertz CT molecular complexity index is 782. The highest BCUT2D eigenvalue weighted by atomic mass is 79.9. The first kappa shape index (κ1) is 27.0. The van der Waals surface area contributed by atoms with Gasteiger partial charge in [-0.25, -0.2) is 4.79 Å². The molecule has 8 heteroatoms. The lowest BCUT2D eigenvalue weighted by atomic mass is 9.82. The van der Waals surface area contributed by atoms with Gasteiger partial charge in [0.1, 0.15) is 0 Å². The number of carboxylic acid groups (broad SMARTS) is 1. The fourth-order valence-corrected chi connectivity index (χ4v) is 4.48. The molecule has 7 nitrogen and oxygen atoms in total. The number of aliphatic carboxylic acids is 1. The van der Waals surface area contributed by atoms with E-state index in [1.54, 1.807) is 0 Å². The number of halogens is 1. The number of rotatable bonds is 10. The summed E-state index contributed by atoms with van der Waals surface area (Å²) < 4.78 is 17.9. The largest absolute Gasteiger partial charge is 0.479 e. The molecule has 2 heterocycles. The predicted octanol–water partition coefficient (Wildman–Crippen LogP) is 5.27. The summed E-state index contributed by atoms with van der Waals surface area (Å²) in [5.74, 6) is -1.02. The second kappa shape index (κ2) is 11.3. The Balaban J connectivity index is 2.49. The molecular formula is C24H39BrN2O5. The summed E-state index contributed by atoms with van der Waals surface area (Å²) in [5, 5.41) is 10.1. The molecule has 1 aromatic heterocycles. The van der Waals surface area contributed by atoms with E-state index in [0.717, 1.165) is 41.8 Å². The molecule has 1 unspecified atom stereocenters. The Hall–Kier alpha value is -1.22. The van der Waals surface area contributed by atoms with Crippen LogP contribution in [0.5, 0.6) is 0 Å². The maximum Gasteiger partial charge on any atom is 0.337 e. The summed E-state index contributed by atoms with van der Waals surface area (Å²) >= 11 is 3.75. The van der Waals surface area contributed by atoms with Crippen molar-refractivity contribution in [3.8, 4) is 0 Å². The van der Waals surface area contributed by atoms with Crippen LogP contribution in [0.25, 0.3) is 0 Å². The number of ether oxygens (including phenoxy) is 3. The van der Waals surface area contributed by atoms with Crippen LogP contribution in [0.2, 0.25) is 0 Å². The minimum absolute atomic E-state index is 0.268. The lowest BCUT2D eigenvalue weighted by molar-refractivity contribution is -0.160. The van der Waals surface area contributed by atoms with Crippen molar-refractivity contribution in [3.63, 3.8) is 0 Å². The number of hydrogen-bond donors (Lipinski definition) is 1. The molecule has 32 heavy (non-hydrogen) atoms. The van der Waals surface area contributed by atoms with E-state index in [9.17, 15) is 9.90 Å². The molecule has 1 aromatic rings. The molecule has 1 N–H and O–H groups in total. The first-order valence-electron chi connectivity index (χ1n) is 11.4. The topological polar surface area (TPSA) is 81.1 Å². The Morgan fingerprint density at radius 2 is 1.81 bits per heavy atom. The number of carbonyl (C=O) groups is 1. The first-order valence-corrected chi connectivity index (χ1v) is 12.2. The summed E-state index contributed by atoms with van der Waals surface area (Å²) in [7, 11) is 0. The van der Waals surface area contributed by atoms with Crippen molar-refractivity contribution in [1.82, 2.24) is 4.98 Å². The summed E-state index contributed by atoms with van der Waals surface area (Å²) in [6.45, 7) is 17.6. The molecule has 1 aliphatic rings. The third-order valence-electron chi connectivity index (χ3n) is 5.61. The van der Waals surface area contributed by atoms with Gasteiger partial charge in [-0.05, 0) is 68.8 Å². The van der Waals surface area contributed by atoms with Crippen molar-refractivity contribution in [2.45, 2.75) is 79.6 Å². The van der Waals surface area contributed by atoms with Crippen LogP contribution in [0.4, 0.5) is 5.69 Å². The van der Waals surface area contributed by atoms with Gasteiger partial charge in [-0.1, -0.05) is 13.8 Å². The second-order valence-electron chi connectivity index (χ2n) is 10.1. The van der Waals surface area contributed by atoms with Gasteiger partial charge < -0.3 is 24.2 Å². The van der Waals surface area contributed by atoms with Gasteiger partial charge in [-0.3, -0.25) is 4.98 Å². The maximum absolute atomic E-state index is 12.3. The van der Waals surface area contributed by atoms with Crippen molar-refractivity contribution >= 4 is 27.6 Å². The van der Waals surface area contributed by atoms with Gasteiger partial charge in [0.15, 0.2) is 6.10 Å². The smallest absolute Gasteiger partial charge is 0.337 e. The van der Waals surface area contributed by atoms with Crippen LogP contribution in [-0.2, 0) is 25.6 Å². The van der Waals surface area contributed by atoms with E-state index < -0.39 is 17.7 Å². The maximum atomic E-state index is 12.3. The van der Waals surface area contributed by atoms with E-state index in [0.29, 0.717) is 37.7 Å². The highest BCUT2D eigenvalue weighted by Crippen LogP contribution is 2.43. The zero-order chi connectivity index (χ0) is 24.1. The van der Waals surface area contributed by atoms with E-state index in [1.807, 2.05) is 34.6 Å². The summed E-state index contributed by atoms with van der Waals surface area (Å²) in [6.07, 6.45) is 0.938. The monoisotopic (exact) mass is 514 g/mol. The summed E-state index contributed by atoms with van der Waals surface area (Å²) in [6, 6.07) is 0. The molecule has 0 aliphatic carbocycles. The molecule has 182 valence electrons.